The summed E-state index contributed by atoms with van der Waals surface area (Å²) in [4.78, 5) is 0. The van der Waals surface area contributed by atoms with Crippen molar-refractivity contribution in [2.45, 2.75) is 12.2 Å². The Morgan fingerprint density at radius 2 is 1.44 bits per heavy atom. The number of rotatable bonds is 9. The number of phosphoric acid groups is 1. The van der Waals surface area contributed by atoms with E-state index in [1.54, 1.807) is 0 Å². The molecule has 0 aliphatic rings. The minimum absolute atomic E-state index is 0.434. The number of phosphoric ester groups is 1. The van der Waals surface area contributed by atoms with Crippen molar-refractivity contribution in [2.75, 3.05) is 33.5 Å². The van der Waals surface area contributed by atoms with Crippen LogP contribution in [0.25, 0.3) is 0 Å². The lowest BCUT2D eigenvalue weighted by Gasteiger charge is -2.18. The number of aliphatic hydroxyl groups is 4. The van der Waals surface area contributed by atoms with Gasteiger partial charge < -0.3 is 20.4 Å². The molecule has 9 heteroatoms. The highest BCUT2D eigenvalue weighted by molar-refractivity contribution is 7.48. The quantitative estimate of drug-likeness (QED) is 0.368. The second-order valence-corrected chi connectivity index (χ2v) is 4.67. The van der Waals surface area contributed by atoms with Crippen molar-refractivity contribution in [1.29, 1.82) is 0 Å². The molecule has 0 saturated heterocycles. The van der Waals surface area contributed by atoms with Gasteiger partial charge >= 0.3 is 7.82 Å². The van der Waals surface area contributed by atoms with Crippen LogP contribution in [0.4, 0.5) is 0 Å². The molecule has 0 bridgehead atoms. The largest absolute Gasteiger partial charge is 0.474 e. The fourth-order valence-electron chi connectivity index (χ4n) is 0.603. The SMILES string of the molecule is COP(=O)(OCC(O)CO)OCC(O)CO. The van der Waals surface area contributed by atoms with Crippen molar-refractivity contribution in [1.82, 2.24) is 0 Å². The Bertz CT molecular complexity index is 204. The van der Waals surface area contributed by atoms with Gasteiger partial charge in [-0.1, -0.05) is 0 Å². The molecule has 0 aliphatic heterocycles. The zero-order valence-corrected chi connectivity index (χ0v) is 9.75. The summed E-state index contributed by atoms with van der Waals surface area (Å²) in [7, 11) is -2.81. The molecule has 8 nitrogen and oxygen atoms in total. The minimum atomic E-state index is -3.88. The smallest absolute Gasteiger partial charge is 0.394 e. The summed E-state index contributed by atoms with van der Waals surface area (Å²) in [5.41, 5.74) is 0. The molecule has 98 valence electrons. The van der Waals surface area contributed by atoms with E-state index in [1.165, 1.54) is 0 Å². The molecule has 0 aliphatic carbocycles. The summed E-state index contributed by atoms with van der Waals surface area (Å²) in [6, 6.07) is 0. The second-order valence-electron chi connectivity index (χ2n) is 2.89. The van der Waals surface area contributed by atoms with Gasteiger partial charge in [-0.2, -0.15) is 0 Å². The van der Waals surface area contributed by atoms with E-state index in [4.69, 9.17) is 20.4 Å². The van der Waals surface area contributed by atoms with Crippen LogP contribution in [0.2, 0.25) is 0 Å². The van der Waals surface area contributed by atoms with Crippen molar-refractivity contribution in [3.63, 3.8) is 0 Å². The topological polar surface area (TPSA) is 126 Å². The van der Waals surface area contributed by atoms with Crippen LogP contribution in [-0.4, -0.2) is 66.2 Å². The Labute approximate surface area is 93.0 Å². The van der Waals surface area contributed by atoms with Gasteiger partial charge in [0.25, 0.3) is 0 Å². The Balaban J connectivity index is 4.05. The molecule has 16 heavy (non-hydrogen) atoms. The van der Waals surface area contributed by atoms with Gasteiger partial charge in [0.05, 0.1) is 26.4 Å². The van der Waals surface area contributed by atoms with Gasteiger partial charge in [-0.15, -0.1) is 0 Å². The molecule has 2 atom stereocenters. The van der Waals surface area contributed by atoms with Crippen molar-refractivity contribution in [3.05, 3.63) is 0 Å². The molecule has 0 rings (SSSR count). The zero-order valence-electron chi connectivity index (χ0n) is 8.85. The Morgan fingerprint density at radius 1 is 1.06 bits per heavy atom. The normalized spacial score (nSPS) is 19.1. The molecule has 0 amide bonds. The molecule has 0 heterocycles. The highest BCUT2D eigenvalue weighted by Crippen LogP contribution is 2.48. The molecule has 4 N–H and O–H groups in total. The van der Waals surface area contributed by atoms with Crippen LogP contribution in [0.3, 0.4) is 0 Å². The lowest BCUT2D eigenvalue weighted by molar-refractivity contribution is 0.0123. The summed E-state index contributed by atoms with van der Waals surface area (Å²) in [5, 5.41) is 34.9. The summed E-state index contributed by atoms with van der Waals surface area (Å²) in [6.07, 6.45) is -2.40. The van der Waals surface area contributed by atoms with Crippen molar-refractivity contribution in [3.8, 4) is 0 Å². The summed E-state index contributed by atoms with van der Waals surface area (Å²) in [5.74, 6) is 0. The molecule has 2 unspecified atom stereocenters. The number of aliphatic hydroxyl groups excluding tert-OH is 4. The molecule has 0 aromatic rings. The van der Waals surface area contributed by atoms with Gasteiger partial charge in [0.1, 0.15) is 12.2 Å². The summed E-state index contributed by atoms with van der Waals surface area (Å²) >= 11 is 0. The van der Waals surface area contributed by atoms with Crippen molar-refractivity contribution < 1.29 is 38.6 Å². The molecule has 0 aromatic carbocycles. The van der Waals surface area contributed by atoms with Crippen LogP contribution in [0.5, 0.6) is 0 Å². The van der Waals surface area contributed by atoms with Crippen LogP contribution >= 0.6 is 7.82 Å². The highest BCUT2D eigenvalue weighted by atomic mass is 31.2. The Morgan fingerprint density at radius 3 is 1.69 bits per heavy atom. The van der Waals surface area contributed by atoms with E-state index in [-0.39, 0.29) is 0 Å². The maximum absolute atomic E-state index is 11.6. The van der Waals surface area contributed by atoms with E-state index >= 15 is 0 Å². The number of hydrogen-bond acceptors (Lipinski definition) is 8. The molecular formula is C7H17O8P. The molecule has 0 fully saturated rings. The average molecular weight is 260 g/mol. The zero-order chi connectivity index (χ0) is 12.6. The lowest BCUT2D eigenvalue weighted by Crippen LogP contribution is -2.22. The Kier molecular flexibility index (Phi) is 8.08. The third-order valence-electron chi connectivity index (χ3n) is 1.50. The fourth-order valence-corrected chi connectivity index (χ4v) is 1.60. The van der Waals surface area contributed by atoms with E-state index in [0.717, 1.165) is 7.11 Å². The van der Waals surface area contributed by atoms with Gasteiger partial charge in [-0.05, 0) is 0 Å². The van der Waals surface area contributed by atoms with Crippen LogP contribution in [0.15, 0.2) is 0 Å². The maximum atomic E-state index is 11.6. The first-order valence-electron chi connectivity index (χ1n) is 4.50. The van der Waals surface area contributed by atoms with E-state index < -0.39 is 46.5 Å². The van der Waals surface area contributed by atoms with E-state index in [2.05, 4.69) is 13.6 Å². The van der Waals surface area contributed by atoms with Gasteiger partial charge in [-0.3, -0.25) is 13.6 Å². The van der Waals surface area contributed by atoms with Gasteiger partial charge in [0, 0.05) is 7.11 Å². The molecular weight excluding hydrogens is 243 g/mol. The summed E-state index contributed by atoms with van der Waals surface area (Å²) in [6.45, 7) is -1.97. The first-order chi connectivity index (χ1) is 7.47. The molecule has 0 saturated carbocycles. The number of hydrogen-bond donors (Lipinski definition) is 4. The van der Waals surface area contributed by atoms with E-state index in [1.807, 2.05) is 0 Å². The van der Waals surface area contributed by atoms with Gasteiger partial charge in [0.15, 0.2) is 0 Å². The fraction of sp³-hybridized carbons (Fsp3) is 1.00. The molecule has 0 radical (unpaired) electrons. The van der Waals surface area contributed by atoms with Gasteiger partial charge in [-0.25, -0.2) is 4.57 Å². The van der Waals surface area contributed by atoms with E-state index in [9.17, 15) is 4.57 Å². The highest BCUT2D eigenvalue weighted by Gasteiger charge is 2.27. The Hall–Kier alpha value is -0.0500. The van der Waals surface area contributed by atoms with Crippen LogP contribution < -0.4 is 0 Å². The summed E-state index contributed by atoms with van der Waals surface area (Å²) < 4.78 is 25.3. The lowest BCUT2D eigenvalue weighted by atomic mass is 10.4. The third-order valence-corrected chi connectivity index (χ3v) is 2.87. The van der Waals surface area contributed by atoms with Crippen molar-refractivity contribution >= 4 is 7.82 Å². The van der Waals surface area contributed by atoms with Crippen molar-refractivity contribution in [2.24, 2.45) is 0 Å². The van der Waals surface area contributed by atoms with Gasteiger partial charge in [0.2, 0.25) is 0 Å². The standard InChI is InChI=1S/C7H17O8P/c1-13-16(12,14-4-6(10)2-8)15-5-7(11)3-9/h6-11H,2-5H2,1H3. The second kappa shape index (κ2) is 8.10. The predicted molar refractivity (Wildman–Crippen MR) is 52.7 cm³/mol. The van der Waals surface area contributed by atoms with Crippen LogP contribution in [-0.2, 0) is 18.1 Å². The minimum Gasteiger partial charge on any atom is -0.394 e. The molecule has 0 aromatic heterocycles. The monoisotopic (exact) mass is 260 g/mol. The van der Waals surface area contributed by atoms with Crippen LogP contribution in [0.1, 0.15) is 0 Å². The first-order valence-corrected chi connectivity index (χ1v) is 5.96. The molecule has 0 spiro atoms. The van der Waals surface area contributed by atoms with E-state index in [0.29, 0.717) is 0 Å². The third kappa shape index (κ3) is 6.51. The maximum Gasteiger partial charge on any atom is 0.474 e. The first kappa shape index (κ1) is 16.0. The van der Waals surface area contributed by atoms with Crippen LogP contribution in [0, 0.1) is 0 Å². The predicted octanol–water partition coefficient (Wildman–Crippen LogP) is -1.52. The average Bonchev–Trinajstić information content (AvgIpc) is 2.32.